The monoisotopic (exact) mass is 442 g/mol. The molecule has 31 heavy (non-hydrogen) atoms. The Balaban J connectivity index is 1.68. The largest absolute Gasteiger partial charge is 0.496 e. The van der Waals surface area contributed by atoms with Gasteiger partial charge in [0.15, 0.2) is 0 Å². The highest BCUT2D eigenvalue weighted by Gasteiger charge is 2.36. The number of amides is 2. The van der Waals surface area contributed by atoms with Crippen molar-refractivity contribution in [2.75, 3.05) is 27.3 Å². The van der Waals surface area contributed by atoms with Crippen LogP contribution >= 0.6 is 11.3 Å². The van der Waals surface area contributed by atoms with Crippen LogP contribution < -0.4 is 9.47 Å². The quantitative estimate of drug-likeness (QED) is 0.440. The van der Waals surface area contributed by atoms with Crippen LogP contribution in [0.5, 0.6) is 11.5 Å². The van der Waals surface area contributed by atoms with E-state index in [2.05, 4.69) is 4.98 Å². The molecule has 160 valence electrons. The third kappa shape index (κ3) is 3.52. The van der Waals surface area contributed by atoms with E-state index in [9.17, 15) is 19.7 Å². The van der Waals surface area contributed by atoms with Crippen molar-refractivity contribution in [3.63, 3.8) is 0 Å². The molecule has 1 fully saturated rings. The van der Waals surface area contributed by atoms with Gasteiger partial charge in [0.2, 0.25) is 5.75 Å². The molecule has 0 N–H and O–H groups in total. The fourth-order valence-corrected chi connectivity index (χ4v) is 4.36. The van der Waals surface area contributed by atoms with Crippen molar-refractivity contribution >= 4 is 39.1 Å². The number of benzene rings is 1. The van der Waals surface area contributed by atoms with Crippen molar-refractivity contribution in [2.45, 2.75) is 6.42 Å². The number of nitrogens with zero attached hydrogens (tertiary/aromatic N) is 4. The van der Waals surface area contributed by atoms with Gasteiger partial charge in [0.05, 0.1) is 24.7 Å². The molecular formula is C20H18N4O6S. The van der Waals surface area contributed by atoms with Crippen molar-refractivity contribution in [3.8, 4) is 11.5 Å². The first-order valence-electron chi connectivity index (χ1n) is 9.33. The summed E-state index contributed by atoms with van der Waals surface area (Å²) in [6, 6.07) is 8.82. The molecule has 0 saturated carbocycles. The highest BCUT2D eigenvalue weighted by atomic mass is 32.1. The Labute approximate surface area is 180 Å². The molecule has 10 nitrogen and oxygen atoms in total. The molecule has 0 bridgehead atoms. The van der Waals surface area contributed by atoms with E-state index in [1.165, 1.54) is 29.6 Å². The van der Waals surface area contributed by atoms with Crippen LogP contribution in [0, 0.1) is 10.1 Å². The van der Waals surface area contributed by atoms with Crippen molar-refractivity contribution in [3.05, 3.63) is 57.1 Å². The Hall–Kier alpha value is -3.73. The maximum Gasteiger partial charge on any atom is 0.366 e. The summed E-state index contributed by atoms with van der Waals surface area (Å²) in [6.45, 7) is 0.609. The minimum Gasteiger partial charge on any atom is -0.496 e. The van der Waals surface area contributed by atoms with Crippen LogP contribution in [0.25, 0.3) is 10.9 Å². The summed E-state index contributed by atoms with van der Waals surface area (Å²) in [5, 5.41) is 15.7. The number of ether oxygens (including phenoxy) is 2. The number of carbonyl (C=O) groups excluding carboxylic acids is 2. The van der Waals surface area contributed by atoms with Gasteiger partial charge in [-0.15, -0.1) is 0 Å². The highest BCUT2D eigenvalue weighted by Crippen LogP contribution is 2.38. The van der Waals surface area contributed by atoms with E-state index < -0.39 is 16.7 Å². The van der Waals surface area contributed by atoms with Crippen LogP contribution in [0.3, 0.4) is 0 Å². The second kappa shape index (κ2) is 8.19. The third-order valence-corrected chi connectivity index (χ3v) is 5.86. The van der Waals surface area contributed by atoms with Gasteiger partial charge in [0, 0.05) is 29.9 Å². The van der Waals surface area contributed by atoms with E-state index in [0.29, 0.717) is 30.8 Å². The first-order chi connectivity index (χ1) is 15.0. The van der Waals surface area contributed by atoms with Gasteiger partial charge in [-0.05, 0) is 18.6 Å². The first kappa shape index (κ1) is 20.5. The zero-order valence-corrected chi connectivity index (χ0v) is 17.5. The minimum atomic E-state index is -0.599. The lowest BCUT2D eigenvalue weighted by molar-refractivity contribution is -0.381. The van der Waals surface area contributed by atoms with Crippen molar-refractivity contribution < 1.29 is 24.0 Å². The lowest BCUT2D eigenvalue weighted by Crippen LogP contribution is -2.45. The standard InChI is InChI=1S/C20H18N4O6S/c1-29-16-10-15(21-14-7-4-3-6-12(14)16)19(26)23-9-5-8-22(23)18(25)13-11-31-20(24(27)28)17(13)30-2/h3-4,6-7,10-11H,5,8-9H2,1-2H3. The average molecular weight is 442 g/mol. The van der Waals surface area contributed by atoms with E-state index in [-0.39, 0.29) is 22.0 Å². The van der Waals surface area contributed by atoms with Gasteiger partial charge in [-0.2, -0.15) is 0 Å². The van der Waals surface area contributed by atoms with Gasteiger partial charge in [-0.1, -0.05) is 23.5 Å². The van der Waals surface area contributed by atoms with Crippen LogP contribution in [0.1, 0.15) is 27.3 Å². The molecule has 1 aliphatic rings. The number of thiophene rings is 1. The fraction of sp³-hybridized carbons (Fsp3) is 0.250. The van der Waals surface area contributed by atoms with Crippen LogP contribution in [0.2, 0.25) is 0 Å². The number of aromatic nitrogens is 1. The molecule has 0 atom stereocenters. The molecule has 0 unspecified atom stereocenters. The van der Waals surface area contributed by atoms with Crippen LogP contribution in [-0.4, -0.2) is 59.0 Å². The summed E-state index contributed by atoms with van der Waals surface area (Å²) in [5.41, 5.74) is 0.777. The second-order valence-electron chi connectivity index (χ2n) is 6.68. The molecule has 0 radical (unpaired) electrons. The summed E-state index contributed by atoms with van der Waals surface area (Å²) in [6.07, 6.45) is 0.566. The second-order valence-corrected chi connectivity index (χ2v) is 7.54. The molecule has 3 heterocycles. The van der Waals surface area contributed by atoms with Gasteiger partial charge in [0.25, 0.3) is 11.8 Å². The molecule has 2 aromatic heterocycles. The zero-order chi connectivity index (χ0) is 22.1. The smallest absolute Gasteiger partial charge is 0.366 e. The Morgan fingerprint density at radius 3 is 2.52 bits per heavy atom. The fourth-order valence-electron chi connectivity index (χ4n) is 3.53. The number of hydrogen-bond donors (Lipinski definition) is 0. The Morgan fingerprint density at radius 1 is 1.13 bits per heavy atom. The number of para-hydroxylation sites is 1. The maximum atomic E-state index is 13.2. The lowest BCUT2D eigenvalue weighted by atomic mass is 10.1. The molecule has 1 aromatic carbocycles. The Morgan fingerprint density at radius 2 is 1.84 bits per heavy atom. The van der Waals surface area contributed by atoms with Crippen LogP contribution in [0.15, 0.2) is 35.7 Å². The molecule has 0 spiro atoms. The predicted octanol–water partition coefficient (Wildman–Crippen LogP) is 3.13. The number of rotatable bonds is 5. The van der Waals surface area contributed by atoms with Crippen LogP contribution in [-0.2, 0) is 0 Å². The van der Waals surface area contributed by atoms with E-state index in [4.69, 9.17) is 9.47 Å². The summed E-state index contributed by atoms with van der Waals surface area (Å²) in [5.74, 6) is -0.607. The summed E-state index contributed by atoms with van der Waals surface area (Å²) in [4.78, 5) is 41.4. The number of pyridine rings is 1. The van der Waals surface area contributed by atoms with E-state index in [1.807, 2.05) is 18.2 Å². The normalized spacial score (nSPS) is 13.5. The number of nitro groups is 1. The Bertz CT molecular complexity index is 1190. The maximum absolute atomic E-state index is 13.2. The average Bonchev–Trinajstić information content (AvgIpc) is 3.44. The van der Waals surface area contributed by atoms with E-state index in [1.54, 1.807) is 12.1 Å². The van der Waals surface area contributed by atoms with Gasteiger partial charge in [0.1, 0.15) is 17.0 Å². The van der Waals surface area contributed by atoms with Crippen molar-refractivity contribution in [1.82, 2.24) is 15.0 Å². The molecule has 1 aliphatic heterocycles. The molecule has 4 rings (SSSR count). The van der Waals surface area contributed by atoms with Gasteiger partial charge in [-0.25, -0.2) is 15.0 Å². The molecule has 3 aromatic rings. The minimum absolute atomic E-state index is 0.0444. The topological polar surface area (TPSA) is 115 Å². The third-order valence-electron chi connectivity index (χ3n) is 4.95. The SMILES string of the molecule is COc1c(C(=O)N2CCCN2C(=O)c2cc(OC)c3ccccc3n2)csc1[N+](=O)[O-]. The highest BCUT2D eigenvalue weighted by molar-refractivity contribution is 7.14. The van der Waals surface area contributed by atoms with Crippen molar-refractivity contribution in [2.24, 2.45) is 0 Å². The van der Waals surface area contributed by atoms with Crippen LogP contribution in [0.4, 0.5) is 5.00 Å². The number of carbonyl (C=O) groups is 2. The Kier molecular flexibility index (Phi) is 5.42. The first-order valence-corrected chi connectivity index (χ1v) is 10.2. The molecule has 11 heteroatoms. The predicted molar refractivity (Wildman–Crippen MR) is 113 cm³/mol. The molecule has 2 amide bonds. The van der Waals surface area contributed by atoms with E-state index in [0.717, 1.165) is 16.7 Å². The van der Waals surface area contributed by atoms with Gasteiger partial charge in [-0.3, -0.25) is 19.7 Å². The number of methoxy groups -OCH3 is 2. The number of fused-ring (bicyclic) bond motifs is 1. The summed E-state index contributed by atoms with van der Waals surface area (Å²) < 4.78 is 10.5. The lowest BCUT2D eigenvalue weighted by Gasteiger charge is -2.27. The zero-order valence-electron chi connectivity index (χ0n) is 16.7. The van der Waals surface area contributed by atoms with Gasteiger partial charge >= 0.3 is 5.00 Å². The van der Waals surface area contributed by atoms with E-state index >= 15 is 0 Å². The van der Waals surface area contributed by atoms with Crippen molar-refractivity contribution in [1.29, 1.82) is 0 Å². The summed E-state index contributed by atoms with van der Waals surface area (Å²) in [7, 11) is 2.78. The van der Waals surface area contributed by atoms with Gasteiger partial charge < -0.3 is 9.47 Å². The molecule has 0 aliphatic carbocycles. The number of hydrogen-bond acceptors (Lipinski definition) is 8. The molecule has 1 saturated heterocycles. The molecular weight excluding hydrogens is 424 g/mol. The number of hydrazine groups is 1. The summed E-state index contributed by atoms with van der Waals surface area (Å²) >= 11 is 0.804.